The minimum atomic E-state index is -4.17. The molecule has 0 unspecified atom stereocenters. The number of rotatable bonds is 5. The molecule has 0 amide bonds. The third-order valence-corrected chi connectivity index (χ3v) is 5.24. The second-order valence-electron chi connectivity index (χ2n) is 4.64. The highest BCUT2D eigenvalue weighted by molar-refractivity contribution is 7.92. The number of nitrogens with one attached hydrogen (secondary N) is 1. The number of carbonyl (C=O) groups is 1. The normalized spacial score (nSPS) is 11.9. The van der Waals surface area contributed by atoms with E-state index in [2.05, 4.69) is 4.72 Å². The van der Waals surface area contributed by atoms with Crippen LogP contribution < -0.4 is 15.0 Å². The molecule has 0 aliphatic heterocycles. The Morgan fingerprint density at radius 2 is 1.54 bits per heavy atom. The quantitative estimate of drug-likeness (QED) is 0.660. The van der Waals surface area contributed by atoms with Crippen LogP contribution in [0.15, 0.2) is 52.3 Å². The number of hydrogen-bond donors (Lipinski definition) is 3. The first kappa shape index (κ1) is 17.7. The summed E-state index contributed by atoms with van der Waals surface area (Å²) in [5.74, 6) is -2.37. The lowest BCUT2D eigenvalue weighted by Crippen LogP contribution is -2.15. The summed E-state index contributed by atoms with van der Waals surface area (Å²) in [6.07, 6.45) is 0. The molecule has 0 aliphatic rings. The maximum absolute atomic E-state index is 12.2. The van der Waals surface area contributed by atoms with Gasteiger partial charge in [-0.3, -0.25) is 4.72 Å². The van der Waals surface area contributed by atoms with Crippen LogP contribution in [0.5, 0.6) is 5.75 Å². The molecule has 0 heterocycles. The molecule has 0 bridgehead atoms. The third-order valence-electron chi connectivity index (χ3n) is 2.93. The van der Waals surface area contributed by atoms with Crippen molar-refractivity contribution in [2.24, 2.45) is 5.14 Å². The predicted octanol–water partition coefficient (Wildman–Crippen LogP) is -0.0934. The van der Waals surface area contributed by atoms with Crippen molar-refractivity contribution in [1.29, 1.82) is 0 Å². The van der Waals surface area contributed by atoms with Crippen molar-refractivity contribution in [3.8, 4) is 5.75 Å². The van der Waals surface area contributed by atoms with Crippen molar-refractivity contribution in [1.82, 2.24) is 0 Å². The van der Waals surface area contributed by atoms with Gasteiger partial charge in [-0.2, -0.15) is 0 Å². The number of primary sulfonamides is 1. The molecular formula is C13H11N2O7S2-. The van der Waals surface area contributed by atoms with Crippen molar-refractivity contribution < 1.29 is 31.8 Å². The number of carboxylic acids is 1. The van der Waals surface area contributed by atoms with Crippen LogP contribution in [0.3, 0.4) is 0 Å². The molecule has 0 fully saturated rings. The second-order valence-corrected chi connectivity index (χ2v) is 7.88. The number of nitrogens with two attached hydrogens (primary N) is 1. The highest BCUT2D eigenvalue weighted by Crippen LogP contribution is 2.22. The lowest BCUT2D eigenvalue weighted by molar-refractivity contribution is -0.268. The molecule has 2 aromatic carbocycles. The Balaban J connectivity index is 2.35. The van der Waals surface area contributed by atoms with Crippen LogP contribution in [0.1, 0.15) is 10.4 Å². The lowest BCUT2D eigenvalue weighted by atomic mass is 10.2. The lowest BCUT2D eigenvalue weighted by Gasteiger charge is -2.13. The van der Waals surface area contributed by atoms with Gasteiger partial charge < -0.3 is 10.2 Å². The molecule has 0 spiro atoms. The Morgan fingerprint density at radius 3 is 2.04 bits per heavy atom. The standard InChI is InChI=1S/C13H12N2O7S2/c14-23(19,20)9-3-1-8(2-4-9)15-24(21,22)10-5-6-12(16)11(7-10)13(17)18/h1-7,15-16H,(H,17,18)(H2,14,19,20)/p-1. The smallest absolute Gasteiger partial charge is 0.335 e. The number of benzene rings is 2. The van der Waals surface area contributed by atoms with Crippen molar-refractivity contribution in [2.45, 2.75) is 9.79 Å². The van der Waals surface area contributed by atoms with E-state index in [-0.39, 0.29) is 10.6 Å². The monoisotopic (exact) mass is 371 g/mol. The van der Waals surface area contributed by atoms with Crippen molar-refractivity contribution in [3.05, 3.63) is 48.0 Å². The highest BCUT2D eigenvalue weighted by atomic mass is 32.2. The van der Waals surface area contributed by atoms with Gasteiger partial charge in [0.1, 0.15) is 0 Å². The fourth-order valence-electron chi connectivity index (χ4n) is 1.77. The van der Waals surface area contributed by atoms with E-state index in [0.29, 0.717) is 0 Å². The summed E-state index contributed by atoms with van der Waals surface area (Å²) in [7, 11) is -8.08. The molecule has 0 atom stereocenters. The van der Waals surface area contributed by atoms with Gasteiger partial charge in [-0.15, -0.1) is 0 Å². The van der Waals surface area contributed by atoms with Crippen LogP contribution in [0.25, 0.3) is 0 Å². The Morgan fingerprint density at radius 1 is 1.00 bits per heavy atom. The van der Waals surface area contributed by atoms with Crippen LogP contribution in [0.4, 0.5) is 5.69 Å². The van der Waals surface area contributed by atoms with Crippen LogP contribution in [0.2, 0.25) is 0 Å². The summed E-state index contributed by atoms with van der Waals surface area (Å²) in [5, 5.41) is 25.2. The first-order valence-corrected chi connectivity index (χ1v) is 9.24. The van der Waals surface area contributed by atoms with Crippen molar-refractivity contribution in [2.75, 3.05) is 4.72 Å². The molecule has 0 aliphatic carbocycles. The zero-order valence-corrected chi connectivity index (χ0v) is 13.5. The summed E-state index contributed by atoms with van der Waals surface area (Å²) < 4.78 is 48.9. The van der Waals surface area contributed by atoms with Gasteiger partial charge in [-0.05, 0) is 36.4 Å². The van der Waals surface area contributed by atoms with Crippen LogP contribution in [0, 0.1) is 0 Å². The van der Waals surface area contributed by atoms with Crippen LogP contribution in [-0.4, -0.2) is 27.9 Å². The number of carboxylic acid groups (broad SMARTS) is 1. The van der Waals surface area contributed by atoms with E-state index in [1.54, 1.807) is 0 Å². The maximum atomic E-state index is 12.2. The average molecular weight is 371 g/mol. The average Bonchev–Trinajstić information content (AvgIpc) is 2.46. The van der Waals surface area contributed by atoms with E-state index in [0.717, 1.165) is 30.3 Å². The maximum Gasteiger partial charge on any atom is 0.335 e. The highest BCUT2D eigenvalue weighted by Gasteiger charge is 2.17. The zero-order chi connectivity index (χ0) is 18.1. The Kier molecular flexibility index (Phi) is 4.51. The molecule has 2 aromatic rings. The summed E-state index contributed by atoms with van der Waals surface area (Å²) >= 11 is 0. The van der Waals surface area contributed by atoms with E-state index in [4.69, 9.17) is 10.2 Å². The van der Waals surface area contributed by atoms with Gasteiger partial charge in [0.15, 0.2) is 0 Å². The Labute approximate surface area is 137 Å². The van der Waals surface area contributed by atoms with Crippen molar-refractivity contribution >= 4 is 31.7 Å². The first-order valence-electron chi connectivity index (χ1n) is 6.21. The molecule has 11 heteroatoms. The van der Waals surface area contributed by atoms with Gasteiger partial charge in [-0.1, -0.05) is 11.8 Å². The molecule has 0 aromatic heterocycles. The fourth-order valence-corrected chi connectivity index (χ4v) is 3.37. The molecule has 0 saturated heterocycles. The fraction of sp³-hybridized carbons (Fsp3) is 0. The topological polar surface area (TPSA) is 167 Å². The van der Waals surface area contributed by atoms with Crippen molar-refractivity contribution in [3.63, 3.8) is 0 Å². The third kappa shape index (κ3) is 3.82. The van der Waals surface area contributed by atoms with Gasteiger partial charge in [0, 0.05) is 5.69 Å². The van der Waals surface area contributed by atoms with Gasteiger partial charge in [0.25, 0.3) is 10.0 Å². The van der Waals surface area contributed by atoms with Gasteiger partial charge in [0.2, 0.25) is 10.0 Å². The Hall–Kier alpha value is -2.63. The Bertz CT molecular complexity index is 997. The molecular weight excluding hydrogens is 360 g/mol. The molecule has 4 N–H and O–H groups in total. The summed E-state index contributed by atoms with van der Waals surface area (Å²) in [4.78, 5) is 10.3. The molecule has 0 saturated carbocycles. The first-order chi connectivity index (χ1) is 11.0. The minimum absolute atomic E-state index is 0.0328. The summed E-state index contributed by atoms with van der Waals surface area (Å²) in [6, 6.07) is 7.12. The molecule has 9 nitrogen and oxygen atoms in total. The van der Waals surface area contributed by atoms with E-state index in [9.17, 15) is 26.7 Å². The van der Waals surface area contributed by atoms with Crippen LogP contribution >= 0.6 is 0 Å². The number of aromatic carboxylic acids is 1. The van der Waals surface area contributed by atoms with Gasteiger partial charge in [0.05, 0.1) is 15.4 Å². The molecule has 128 valence electrons. The van der Waals surface area contributed by atoms with Gasteiger partial charge >= 0.3 is 5.97 Å². The van der Waals surface area contributed by atoms with E-state index < -0.39 is 42.2 Å². The van der Waals surface area contributed by atoms with E-state index in [1.165, 1.54) is 12.1 Å². The van der Waals surface area contributed by atoms with E-state index in [1.807, 2.05) is 0 Å². The number of hydrogen-bond acceptors (Lipinski definition) is 6. The SMILES string of the molecule is NS(=O)(=O)c1ccc(NS(=O)(=O)c2ccc([O-])c(C(=O)O)c2)cc1. The minimum Gasteiger partial charge on any atom is -0.872 e. The number of sulfonamides is 2. The predicted molar refractivity (Wildman–Crippen MR) is 81.5 cm³/mol. The molecule has 2 rings (SSSR count). The zero-order valence-electron chi connectivity index (χ0n) is 11.8. The largest absolute Gasteiger partial charge is 0.872 e. The summed E-state index contributed by atoms with van der Waals surface area (Å²) in [5.41, 5.74) is -0.645. The summed E-state index contributed by atoms with van der Waals surface area (Å²) in [6.45, 7) is 0. The number of anilines is 1. The van der Waals surface area contributed by atoms with Gasteiger partial charge in [-0.25, -0.2) is 26.8 Å². The van der Waals surface area contributed by atoms with E-state index >= 15 is 0 Å². The van der Waals surface area contributed by atoms with Crippen LogP contribution in [-0.2, 0) is 20.0 Å². The molecule has 0 radical (unpaired) electrons. The molecule has 24 heavy (non-hydrogen) atoms. The second kappa shape index (κ2) is 6.11.